The van der Waals surface area contributed by atoms with Crippen molar-refractivity contribution in [2.45, 2.75) is 39.4 Å². The average molecular weight is 345 g/mol. The second-order valence-corrected chi connectivity index (χ2v) is 6.74. The first-order chi connectivity index (χ1) is 11.8. The van der Waals surface area contributed by atoms with Gasteiger partial charge < -0.3 is 14.8 Å². The van der Waals surface area contributed by atoms with Crippen LogP contribution in [0.3, 0.4) is 0 Å². The Morgan fingerprint density at radius 2 is 1.60 bits per heavy atom. The molecule has 0 aromatic heterocycles. The molecule has 4 nitrogen and oxygen atoms in total. The van der Waals surface area contributed by atoms with Gasteiger partial charge in [-0.15, -0.1) is 0 Å². The Balaban J connectivity index is 1.74. The van der Waals surface area contributed by atoms with E-state index in [1.807, 2.05) is 45.0 Å². The molecular weight excluding hydrogens is 321 g/mol. The molecule has 0 saturated carbocycles. The van der Waals surface area contributed by atoms with E-state index in [1.165, 1.54) is 12.1 Å². The van der Waals surface area contributed by atoms with Crippen molar-refractivity contribution in [3.63, 3.8) is 0 Å². The molecule has 0 aliphatic carbocycles. The maximum Gasteiger partial charge on any atom is 0.407 e. The molecule has 0 heterocycles. The predicted molar refractivity (Wildman–Crippen MR) is 95.1 cm³/mol. The van der Waals surface area contributed by atoms with Crippen molar-refractivity contribution in [1.82, 2.24) is 5.32 Å². The van der Waals surface area contributed by atoms with Crippen LogP contribution in [0.25, 0.3) is 0 Å². The topological polar surface area (TPSA) is 47.6 Å². The van der Waals surface area contributed by atoms with Gasteiger partial charge in [0.1, 0.15) is 23.8 Å². The highest BCUT2D eigenvalue weighted by molar-refractivity contribution is 5.67. The van der Waals surface area contributed by atoms with E-state index < -0.39 is 11.7 Å². The second kappa shape index (κ2) is 8.51. The summed E-state index contributed by atoms with van der Waals surface area (Å²) in [5.74, 6) is 0.487. The van der Waals surface area contributed by atoms with E-state index in [2.05, 4.69) is 5.32 Å². The zero-order valence-corrected chi connectivity index (χ0v) is 14.8. The molecule has 1 N–H and O–H groups in total. The van der Waals surface area contributed by atoms with Gasteiger partial charge in [0.25, 0.3) is 0 Å². The third kappa shape index (κ3) is 7.25. The summed E-state index contributed by atoms with van der Waals surface area (Å²) in [6.07, 6.45) is 0.295. The number of hydrogen-bond donors (Lipinski definition) is 1. The lowest BCUT2D eigenvalue weighted by molar-refractivity contribution is 0.0528. The number of carbonyl (C=O) groups is 1. The number of nitrogens with one attached hydrogen (secondary N) is 1. The van der Waals surface area contributed by atoms with Crippen LogP contribution in [0.4, 0.5) is 9.18 Å². The number of benzene rings is 2. The van der Waals surface area contributed by atoms with E-state index in [4.69, 9.17) is 9.47 Å². The van der Waals surface area contributed by atoms with Gasteiger partial charge in [-0.05, 0) is 62.6 Å². The molecule has 0 atom stereocenters. The van der Waals surface area contributed by atoms with Gasteiger partial charge in [0.2, 0.25) is 0 Å². The molecule has 0 bridgehead atoms. The van der Waals surface area contributed by atoms with Crippen molar-refractivity contribution >= 4 is 6.09 Å². The van der Waals surface area contributed by atoms with Gasteiger partial charge in [-0.25, -0.2) is 9.18 Å². The van der Waals surface area contributed by atoms with Crippen molar-refractivity contribution in [3.8, 4) is 5.75 Å². The fourth-order valence-electron chi connectivity index (χ4n) is 2.12. The van der Waals surface area contributed by atoms with Crippen molar-refractivity contribution < 1.29 is 18.7 Å². The molecule has 5 heteroatoms. The molecule has 0 unspecified atom stereocenters. The van der Waals surface area contributed by atoms with Crippen LogP contribution in [-0.4, -0.2) is 18.2 Å². The van der Waals surface area contributed by atoms with E-state index in [0.717, 1.165) is 16.9 Å². The van der Waals surface area contributed by atoms with Crippen molar-refractivity contribution in [1.29, 1.82) is 0 Å². The summed E-state index contributed by atoms with van der Waals surface area (Å²) < 4.78 is 23.7. The SMILES string of the molecule is CC(C)(C)OC(=O)NCCc1ccc(OCc2ccc(F)cc2)cc1. The molecule has 0 aliphatic rings. The third-order valence-electron chi connectivity index (χ3n) is 3.32. The standard InChI is InChI=1S/C20H24FNO3/c1-20(2,3)25-19(23)22-13-12-15-6-10-18(11-7-15)24-14-16-4-8-17(21)9-5-16/h4-11H,12-14H2,1-3H3,(H,22,23). The molecule has 0 fully saturated rings. The van der Waals surface area contributed by atoms with Crippen molar-refractivity contribution in [2.75, 3.05) is 6.54 Å². The molecule has 2 aromatic rings. The number of carbonyl (C=O) groups excluding carboxylic acids is 1. The molecular formula is C20H24FNO3. The first-order valence-electron chi connectivity index (χ1n) is 8.25. The van der Waals surface area contributed by atoms with Crippen LogP contribution in [0.5, 0.6) is 5.75 Å². The Kier molecular flexibility index (Phi) is 6.39. The number of amides is 1. The Hall–Kier alpha value is -2.56. The van der Waals surface area contributed by atoms with E-state index in [1.54, 1.807) is 12.1 Å². The van der Waals surface area contributed by atoms with Crippen LogP contribution < -0.4 is 10.1 Å². The van der Waals surface area contributed by atoms with E-state index in [9.17, 15) is 9.18 Å². The van der Waals surface area contributed by atoms with Crippen molar-refractivity contribution in [2.24, 2.45) is 0 Å². The quantitative estimate of drug-likeness (QED) is 0.840. The van der Waals surface area contributed by atoms with Crippen molar-refractivity contribution in [3.05, 3.63) is 65.5 Å². The zero-order chi connectivity index (χ0) is 18.3. The summed E-state index contributed by atoms with van der Waals surface area (Å²) in [5.41, 5.74) is 1.50. The summed E-state index contributed by atoms with van der Waals surface area (Å²) in [6.45, 7) is 6.39. The average Bonchev–Trinajstić information content (AvgIpc) is 2.54. The molecule has 2 rings (SSSR count). The summed E-state index contributed by atoms with van der Waals surface area (Å²) in [5, 5.41) is 2.73. The van der Waals surface area contributed by atoms with Crippen LogP contribution >= 0.6 is 0 Å². The predicted octanol–water partition coefficient (Wildman–Crippen LogP) is 4.47. The van der Waals surface area contributed by atoms with Gasteiger partial charge in [-0.1, -0.05) is 24.3 Å². The Morgan fingerprint density at radius 3 is 2.20 bits per heavy atom. The molecule has 25 heavy (non-hydrogen) atoms. The van der Waals surface area contributed by atoms with E-state index >= 15 is 0 Å². The first-order valence-corrected chi connectivity index (χ1v) is 8.25. The highest BCUT2D eigenvalue weighted by Crippen LogP contribution is 2.15. The Labute approximate surface area is 148 Å². The highest BCUT2D eigenvalue weighted by Gasteiger charge is 2.15. The van der Waals surface area contributed by atoms with Crippen LogP contribution in [-0.2, 0) is 17.8 Å². The number of hydrogen-bond acceptors (Lipinski definition) is 3. The molecule has 0 radical (unpaired) electrons. The number of rotatable bonds is 6. The van der Waals surface area contributed by atoms with Gasteiger partial charge in [-0.2, -0.15) is 0 Å². The minimum atomic E-state index is -0.492. The van der Waals surface area contributed by atoms with Crippen LogP contribution in [0, 0.1) is 5.82 Å². The maximum atomic E-state index is 12.9. The lowest BCUT2D eigenvalue weighted by Crippen LogP contribution is -2.33. The fourth-order valence-corrected chi connectivity index (χ4v) is 2.12. The fraction of sp³-hybridized carbons (Fsp3) is 0.350. The Morgan fingerprint density at radius 1 is 1.00 bits per heavy atom. The van der Waals surface area contributed by atoms with Gasteiger partial charge in [-0.3, -0.25) is 0 Å². The number of halogens is 1. The third-order valence-corrected chi connectivity index (χ3v) is 3.32. The number of alkyl carbamates (subject to hydrolysis) is 1. The summed E-state index contributed by atoms with van der Waals surface area (Å²) in [4.78, 5) is 11.6. The second-order valence-electron chi connectivity index (χ2n) is 6.74. The first kappa shape index (κ1) is 18.8. The zero-order valence-electron chi connectivity index (χ0n) is 14.8. The van der Waals surface area contributed by atoms with Gasteiger partial charge in [0.15, 0.2) is 0 Å². The normalized spacial score (nSPS) is 11.0. The van der Waals surface area contributed by atoms with Gasteiger partial charge >= 0.3 is 6.09 Å². The lowest BCUT2D eigenvalue weighted by Gasteiger charge is -2.19. The lowest BCUT2D eigenvalue weighted by atomic mass is 10.1. The van der Waals surface area contributed by atoms with Crippen LogP contribution in [0.15, 0.2) is 48.5 Å². The summed E-state index contributed by atoms with van der Waals surface area (Å²) >= 11 is 0. The van der Waals surface area contributed by atoms with Crippen LogP contribution in [0.1, 0.15) is 31.9 Å². The minimum absolute atomic E-state index is 0.256. The van der Waals surface area contributed by atoms with Gasteiger partial charge in [0.05, 0.1) is 0 Å². The Bertz CT molecular complexity index is 676. The maximum absolute atomic E-state index is 12.9. The van der Waals surface area contributed by atoms with E-state index in [-0.39, 0.29) is 5.82 Å². The summed E-state index contributed by atoms with van der Waals surface area (Å²) in [6, 6.07) is 13.9. The van der Waals surface area contributed by atoms with E-state index in [0.29, 0.717) is 19.6 Å². The minimum Gasteiger partial charge on any atom is -0.489 e. The monoisotopic (exact) mass is 345 g/mol. The smallest absolute Gasteiger partial charge is 0.407 e. The largest absolute Gasteiger partial charge is 0.489 e. The molecule has 0 spiro atoms. The molecule has 1 amide bonds. The van der Waals surface area contributed by atoms with Crippen LogP contribution in [0.2, 0.25) is 0 Å². The highest BCUT2D eigenvalue weighted by atomic mass is 19.1. The summed E-state index contributed by atoms with van der Waals surface area (Å²) in [7, 11) is 0. The molecule has 2 aromatic carbocycles. The molecule has 0 saturated heterocycles. The van der Waals surface area contributed by atoms with Gasteiger partial charge in [0, 0.05) is 6.54 Å². The molecule has 0 aliphatic heterocycles. The number of ether oxygens (including phenoxy) is 2. The molecule has 134 valence electrons.